The minimum absolute atomic E-state index is 0.129. The highest BCUT2D eigenvalue weighted by molar-refractivity contribution is 9.10. The minimum atomic E-state index is -0.894. The zero-order valence-electron chi connectivity index (χ0n) is 26.8. The standard InChI is InChI=1S/C39H43BrN2O5/c1-25-20-32-37(39(47)42(38(32)46)31-16-18-41(19-17-31)23-26-8-4-2-5-9-26)33(24-43)36(25)35(45)14-12-28(27-10-6-3-7-11-27)21-29-22-30(40)13-15-34(29)44/h2-11,13,15,21-22,31-33,35,37,43-45H,12,14,16-20,23-24H2,1H3/b28-21-/t32-,33+,35-,37-/m1/s1. The molecule has 3 N–H and O–H groups in total. The van der Waals surface area contributed by atoms with Gasteiger partial charge in [0.15, 0.2) is 0 Å². The van der Waals surface area contributed by atoms with Crippen LogP contribution in [0.1, 0.15) is 55.7 Å². The van der Waals surface area contributed by atoms with Gasteiger partial charge in [-0.2, -0.15) is 0 Å². The van der Waals surface area contributed by atoms with Gasteiger partial charge in [-0.05, 0) is 85.6 Å². The van der Waals surface area contributed by atoms with Crippen molar-refractivity contribution in [1.29, 1.82) is 0 Å². The highest BCUT2D eigenvalue weighted by Crippen LogP contribution is 2.47. The van der Waals surface area contributed by atoms with Gasteiger partial charge in [0.25, 0.3) is 0 Å². The lowest BCUT2D eigenvalue weighted by atomic mass is 9.68. The van der Waals surface area contributed by atoms with Gasteiger partial charge in [-0.1, -0.05) is 82.2 Å². The number of fused-ring (bicyclic) bond motifs is 1. The van der Waals surface area contributed by atoms with Gasteiger partial charge in [-0.25, -0.2) is 0 Å². The van der Waals surface area contributed by atoms with Crippen molar-refractivity contribution in [1.82, 2.24) is 9.80 Å². The maximum absolute atomic E-state index is 14.0. The zero-order valence-corrected chi connectivity index (χ0v) is 28.4. The van der Waals surface area contributed by atoms with Crippen LogP contribution in [0, 0.1) is 17.8 Å². The number of likely N-dealkylation sites (tertiary alicyclic amines) is 2. The fourth-order valence-electron chi connectivity index (χ4n) is 7.91. The number of imide groups is 1. The van der Waals surface area contributed by atoms with E-state index in [4.69, 9.17) is 0 Å². The van der Waals surface area contributed by atoms with Crippen LogP contribution in [0.3, 0.4) is 0 Å². The molecular formula is C39H43BrN2O5. The number of amides is 2. The molecule has 0 aromatic heterocycles. The summed E-state index contributed by atoms with van der Waals surface area (Å²) in [4.78, 5) is 31.7. The number of aliphatic hydroxyl groups excluding tert-OH is 2. The molecular weight excluding hydrogens is 656 g/mol. The van der Waals surface area contributed by atoms with Crippen molar-refractivity contribution in [3.05, 3.63) is 111 Å². The summed E-state index contributed by atoms with van der Waals surface area (Å²) in [6.45, 7) is 4.09. The number of hydrogen-bond donors (Lipinski definition) is 3. The third kappa shape index (κ3) is 7.16. The van der Waals surface area contributed by atoms with E-state index in [-0.39, 0.29) is 30.2 Å². The van der Waals surface area contributed by atoms with Crippen LogP contribution in [0.5, 0.6) is 5.75 Å². The number of hydrogen-bond acceptors (Lipinski definition) is 6. The van der Waals surface area contributed by atoms with Crippen molar-refractivity contribution in [2.75, 3.05) is 19.7 Å². The number of aromatic hydroxyl groups is 1. The maximum atomic E-state index is 14.0. The number of rotatable bonds is 10. The van der Waals surface area contributed by atoms with Gasteiger partial charge >= 0.3 is 0 Å². The van der Waals surface area contributed by atoms with Crippen LogP contribution in [0.25, 0.3) is 11.6 Å². The average molecular weight is 700 g/mol. The third-order valence-corrected chi connectivity index (χ3v) is 10.7. The second-order valence-electron chi connectivity index (χ2n) is 13.2. The van der Waals surface area contributed by atoms with Crippen molar-refractivity contribution < 1.29 is 24.9 Å². The molecule has 246 valence electrons. The Labute approximate surface area is 285 Å². The van der Waals surface area contributed by atoms with Crippen LogP contribution < -0.4 is 0 Å². The summed E-state index contributed by atoms with van der Waals surface area (Å²) in [5.74, 6) is -1.94. The van der Waals surface area contributed by atoms with E-state index in [1.807, 2.05) is 67.6 Å². The van der Waals surface area contributed by atoms with Crippen LogP contribution in [0.2, 0.25) is 0 Å². The van der Waals surface area contributed by atoms with Crippen LogP contribution in [-0.4, -0.2) is 68.8 Å². The lowest BCUT2D eigenvalue weighted by Gasteiger charge is -2.36. The van der Waals surface area contributed by atoms with E-state index < -0.39 is 23.9 Å². The van der Waals surface area contributed by atoms with Crippen LogP contribution in [-0.2, 0) is 16.1 Å². The molecule has 2 aliphatic heterocycles. The number of phenolic OH excluding ortho intramolecular Hbond substituents is 1. The largest absolute Gasteiger partial charge is 0.507 e. The number of allylic oxidation sites excluding steroid dienone is 2. The maximum Gasteiger partial charge on any atom is 0.234 e. The second-order valence-corrected chi connectivity index (χ2v) is 14.1. The van der Waals surface area contributed by atoms with Crippen molar-refractivity contribution in [3.8, 4) is 5.75 Å². The van der Waals surface area contributed by atoms with E-state index in [9.17, 15) is 24.9 Å². The van der Waals surface area contributed by atoms with Crippen LogP contribution >= 0.6 is 15.9 Å². The zero-order chi connectivity index (χ0) is 33.1. The normalized spacial score (nSPS) is 23.4. The first-order chi connectivity index (χ1) is 22.7. The van der Waals surface area contributed by atoms with E-state index in [1.165, 1.54) is 10.5 Å². The molecule has 0 spiro atoms. The van der Waals surface area contributed by atoms with E-state index in [0.29, 0.717) is 30.4 Å². The SMILES string of the molecule is CC1=C([C@H](O)CC/C(=C/c2cc(Br)ccc2O)c2ccccc2)[C@H](CO)[C@@H]2C(=O)N(C3CCN(Cc4ccccc4)CC3)C(=O)[C@@H]2C1. The Hall–Kier alpha value is -3.56. The fraction of sp³-hybridized carbons (Fsp3) is 0.385. The summed E-state index contributed by atoms with van der Waals surface area (Å²) in [6, 6.07) is 25.3. The molecule has 3 aliphatic rings. The Morgan fingerprint density at radius 2 is 1.66 bits per heavy atom. The Balaban J connectivity index is 1.16. The van der Waals surface area contributed by atoms with Gasteiger partial charge in [0.2, 0.25) is 11.8 Å². The van der Waals surface area contributed by atoms with Crippen molar-refractivity contribution >= 4 is 39.4 Å². The number of carbonyl (C=O) groups is 2. The van der Waals surface area contributed by atoms with E-state index in [2.05, 4.69) is 33.0 Å². The Bertz CT molecular complexity index is 1650. The lowest BCUT2D eigenvalue weighted by molar-refractivity contribution is -0.144. The molecule has 0 saturated carbocycles. The minimum Gasteiger partial charge on any atom is -0.507 e. The van der Waals surface area contributed by atoms with Gasteiger partial charge in [-0.3, -0.25) is 19.4 Å². The van der Waals surface area contributed by atoms with E-state index in [0.717, 1.165) is 53.7 Å². The topological polar surface area (TPSA) is 101 Å². The molecule has 3 aromatic carbocycles. The second kappa shape index (κ2) is 14.7. The van der Waals surface area contributed by atoms with Crippen LogP contribution in [0.15, 0.2) is 94.5 Å². The summed E-state index contributed by atoms with van der Waals surface area (Å²) in [6.07, 6.45) is 3.79. The molecule has 4 atom stereocenters. The number of carbonyl (C=O) groups excluding carboxylic acids is 2. The lowest BCUT2D eigenvalue weighted by Crippen LogP contribution is -2.47. The smallest absolute Gasteiger partial charge is 0.234 e. The molecule has 0 radical (unpaired) electrons. The average Bonchev–Trinajstić information content (AvgIpc) is 3.33. The fourth-order valence-corrected chi connectivity index (χ4v) is 8.29. The van der Waals surface area contributed by atoms with Gasteiger partial charge in [-0.15, -0.1) is 0 Å². The molecule has 2 saturated heterocycles. The predicted molar refractivity (Wildman–Crippen MR) is 187 cm³/mol. The molecule has 0 bridgehead atoms. The first-order valence-corrected chi connectivity index (χ1v) is 17.4. The predicted octanol–water partition coefficient (Wildman–Crippen LogP) is 6.43. The number of aliphatic hydroxyl groups is 2. The van der Waals surface area contributed by atoms with E-state index >= 15 is 0 Å². The molecule has 8 heteroatoms. The summed E-state index contributed by atoms with van der Waals surface area (Å²) < 4.78 is 0.847. The van der Waals surface area contributed by atoms with Crippen molar-refractivity contribution in [2.45, 2.75) is 57.7 Å². The molecule has 0 unspecified atom stereocenters. The monoisotopic (exact) mass is 698 g/mol. The number of halogens is 1. The number of phenols is 1. The van der Waals surface area contributed by atoms with Crippen LogP contribution in [0.4, 0.5) is 0 Å². The van der Waals surface area contributed by atoms with Gasteiger partial charge in [0, 0.05) is 41.6 Å². The summed E-state index contributed by atoms with van der Waals surface area (Å²) in [5.41, 5.74) is 5.41. The highest BCUT2D eigenvalue weighted by atomic mass is 79.9. The summed E-state index contributed by atoms with van der Waals surface area (Å²) in [5, 5.41) is 32.9. The molecule has 2 heterocycles. The van der Waals surface area contributed by atoms with Gasteiger partial charge in [0.05, 0.1) is 24.5 Å². The van der Waals surface area contributed by atoms with Crippen molar-refractivity contribution in [3.63, 3.8) is 0 Å². The summed E-state index contributed by atoms with van der Waals surface area (Å²) >= 11 is 3.49. The molecule has 3 aromatic rings. The van der Waals surface area contributed by atoms with E-state index in [1.54, 1.807) is 12.1 Å². The number of nitrogens with zero attached hydrogens (tertiary/aromatic N) is 2. The highest BCUT2D eigenvalue weighted by Gasteiger charge is 2.56. The first-order valence-electron chi connectivity index (χ1n) is 16.6. The number of piperidine rings is 1. The van der Waals surface area contributed by atoms with Gasteiger partial charge < -0.3 is 15.3 Å². The third-order valence-electron chi connectivity index (χ3n) is 10.2. The molecule has 1 aliphatic carbocycles. The first kappa shape index (κ1) is 33.3. The number of benzene rings is 3. The molecule has 7 nitrogen and oxygen atoms in total. The molecule has 6 rings (SSSR count). The molecule has 2 amide bonds. The Kier molecular flexibility index (Phi) is 10.4. The Morgan fingerprint density at radius 1 is 0.979 bits per heavy atom. The quantitative estimate of drug-likeness (QED) is 0.128. The Morgan fingerprint density at radius 3 is 2.34 bits per heavy atom. The molecule has 2 fully saturated rings. The summed E-state index contributed by atoms with van der Waals surface area (Å²) in [7, 11) is 0. The van der Waals surface area contributed by atoms with Crippen molar-refractivity contribution in [2.24, 2.45) is 17.8 Å². The molecule has 47 heavy (non-hydrogen) atoms. The van der Waals surface area contributed by atoms with Gasteiger partial charge in [0.1, 0.15) is 5.75 Å².